The zero-order chi connectivity index (χ0) is 9.10. The normalized spacial score (nSPS) is 12.7. The van der Waals surface area contributed by atoms with Crippen LogP contribution in [-0.4, -0.2) is 11.0 Å². The average Bonchev–Trinajstić information content (AvgIpc) is 2.71. The quantitative estimate of drug-likeness (QED) is 0.640. The molecule has 1 unspecified atom stereocenters. The van der Waals surface area contributed by atoms with Crippen LogP contribution in [0.1, 0.15) is 0 Å². The lowest BCUT2D eigenvalue weighted by molar-refractivity contribution is 1.26. The molecule has 1 aromatic heterocycles. The Balaban J connectivity index is 2.29. The first-order valence-electron chi connectivity index (χ1n) is 4.30. The Labute approximate surface area is 79.8 Å². The Morgan fingerprint density at radius 2 is 1.54 bits per heavy atom. The Bertz CT molecular complexity index is 353. The van der Waals surface area contributed by atoms with Crippen molar-refractivity contribution >= 4 is 13.4 Å². The fraction of sp³-hybridized carbons (Fsp3) is 0.0909. The fourth-order valence-electron chi connectivity index (χ4n) is 1.30. The largest absolute Gasteiger partial charge is 0.329 e. The maximum atomic E-state index is 2.27. The Hall–Kier alpha value is -1.07. The lowest BCUT2D eigenvalue weighted by atomic mass is 10.4. The summed E-state index contributed by atoms with van der Waals surface area (Å²) < 4.78 is 2.27. The van der Waals surface area contributed by atoms with Crippen molar-refractivity contribution < 1.29 is 0 Å². The van der Waals surface area contributed by atoms with Crippen molar-refractivity contribution in [2.45, 2.75) is 0 Å². The minimum absolute atomic E-state index is 0.217. The van der Waals surface area contributed by atoms with Crippen molar-refractivity contribution in [3.63, 3.8) is 0 Å². The van der Waals surface area contributed by atoms with E-state index in [1.54, 1.807) is 0 Å². The van der Waals surface area contributed by atoms with E-state index in [2.05, 4.69) is 65.9 Å². The molecule has 1 aromatic carbocycles. The lowest BCUT2D eigenvalue weighted by Crippen LogP contribution is -2.03. The van der Waals surface area contributed by atoms with Crippen molar-refractivity contribution in [1.29, 1.82) is 0 Å². The van der Waals surface area contributed by atoms with E-state index in [1.165, 1.54) is 5.30 Å². The number of rotatable bonds is 2. The van der Waals surface area contributed by atoms with E-state index in [1.807, 2.05) is 0 Å². The highest BCUT2D eigenvalue weighted by atomic mass is 31.1. The van der Waals surface area contributed by atoms with E-state index in [0.717, 1.165) is 0 Å². The molecule has 1 atom stereocenters. The highest BCUT2D eigenvalue weighted by molar-refractivity contribution is 7.63. The summed E-state index contributed by atoms with van der Waals surface area (Å²) in [5.74, 6) is 0. The second-order valence-corrected chi connectivity index (χ2v) is 4.95. The minimum atomic E-state index is -0.217. The summed E-state index contributed by atoms with van der Waals surface area (Å²) >= 11 is 0. The molecule has 66 valence electrons. The van der Waals surface area contributed by atoms with E-state index in [4.69, 9.17) is 0 Å². The molecular weight excluding hydrogens is 177 g/mol. The summed E-state index contributed by atoms with van der Waals surface area (Å²) in [6.07, 6.45) is 4.25. The molecule has 0 spiro atoms. The summed E-state index contributed by atoms with van der Waals surface area (Å²) in [5.41, 5.74) is 0. The Morgan fingerprint density at radius 1 is 0.923 bits per heavy atom. The van der Waals surface area contributed by atoms with E-state index in [-0.39, 0.29) is 8.07 Å². The van der Waals surface area contributed by atoms with Gasteiger partial charge in [0.25, 0.3) is 0 Å². The zero-order valence-electron chi connectivity index (χ0n) is 7.59. The second-order valence-electron chi connectivity index (χ2n) is 2.92. The van der Waals surface area contributed by atoms with Gasteiger partial charge in [-0.1, -0.05) is 30.3 Å². The molecule has 0 amide bonds. The van der Waals surface area contributed by atoms with Crippen molar-refractivity contribution in [2.75, 3.05) is 6.66 Å². The van der Waals surface area contributed by atoms with E-state index in [9.17, 15) is 0 Å². The van der Waals surface area contributed by atoms with Gasteiger partial charge in [0.2, 0.25) is 0 Å². The number of hydrogen-bond acceptors (Lipinski definition) is 0. The van der Waals surface area contributed by atoms with E-state index >= 15 is 0 Å². The highest BCUT2D eigenvalue weighted by Gasteiger charge is 2.03. The van der Waals surface area contributed by atoms with Gasteiger partial charge >= 0.3 is 0 Å². The molecule has 1 nitrogen and oxygen atoms in total. The standard InChI is InChI=1S/C11H12NP/c1-13(12-9-5-6-10-12)11-7-3-2-4-8-11/h2-10H,1H3. The molecule has 0 saturated heterocycles. The van der Waals surface area contributed by atoms with Crippen LogP contribution in [-0.2, 0) is 0 Å². The number of nitrogens with zero attached hydrogens (tertiary/aromatic N) is 1. The van der Waals surface area contributed by atoms with E-state index < -0.39 is 0 Å². The molecular formula is C11H12NP. The number of aromatic nitrogens is 1. The van der Waals surface area contributed by atoms with Gasteiger partial charge in [0.05, 0.1) is 0 Å². The maximum absolute atomic E-state index is 2.27. The minimum Gasteiger partial charge on any atom is -0.329 e. The molecule has 13 heavy (non-hydrogen) atoms. The van der Waals surface area contributed by atoms with Crippen molar-refractivity contribution in [1.82, 2.24) is 4.34 Å². The first-order chi connectivity index (χ1) is 6.38. The predicted molar refractivity (Wildman–Crippen MR) is 58.8 cm³/mol. The van der Waals surface area contributed by atoms with Gasteiger partial charge in [-0.25, -0.2) is 0 Å². The molecule has 0 aliphatic heterocycles. The van der Waals surface area contributed by atoms with Crippen LogP contribution in [0.25, 0.3) is 0 Å². The van der Waals surface area contributed by atoms with Gasteiger partial charge in [0.1, 0.15) is 0 Å². The van der Waals surface area contributed by atoms with Crippen molar-refractivity contribution in [3.8, 4) is 0 Å². The molecule has 0 fully saturated rings. The van der Waals surface area contributed by atoms with Crippen LogP contribution in [0.3, 0.4) is 0 Å². The number of benzene rings is 1. The molecule has 0 radical (unpaired) electrons. The molecule has 1 heterocycles. The Kier molecular flexibility index (Phi) is 2.47. The molecule has 0 aliphatic carbocycles. The summed E-state index contributed by atoms with van der Waals surface area (Å²) in [6, 6.07) is 14.8. The topological polar surface area (TPSA) is 4.93 Å². The van der Waals surface area contributed by atoms with Gasteiger partial charge in [0.15, 0.2) is 0 Å². The van der Waals surface area contributed by atoms with Gasteiger partial charge < -0.3 is 4.34 Å². The molecule has 0 N–H and O–H groups in total. The Morgan fingerprint density at radius 3 is 2.15 bits per heavy atom. The highest BCUT2D eigenvalue weighted by Crippen LogP contribution is 2.30. The molecule has 2 heteroatoms. The fourth-order valence-corrected chi connectivity index (χ4v) is 2.73. The van der Waals surface area contributed by atoms with Crippen molar-refractivity contribution in [2.24, 2.45) is 0 Å². The van der Waals surface area contributed by atoms with Crippen LogP contribution < -0.4 is 5.30 Å². The van der Waals surface area contributed by atoms with Gasteiger partial charge in [-0.3, -0.25) is 0 Å². The number of hydrogen-bond donors (Lipinski definition) is 0. The first-order valence-corrected chi connectivity index (χ1v) is 6.04. The summed E-state index contributed by atoms with van der Waals surface area (Å²) in [5, 5.41) is 1.41. The summed E-state index contributed by atoms with van der Waals surface area (Å²) in [4.78, 5) is 0. The second kappa shape index (κ2) is 3.76. The SMILES string of the molecule is CP(c1ccccc1)n1cccc1. The molecule has 0 aliphatic rings. The molecule has 0 bridgehead atoms. The van der Waals surface area contributed by atoms with Gasteiger partial charge in [-0.2, -0.15) is 0 Å². The van der Waals surface area contributed by atoms with Crippen LogP contribution in [0.4, 0.5) is 0 Å². The third-order valence-electron chi connectivity index (χ3n) is 2.06. The van der Waals surface area contributed by atoms with Gasteiger partial charge in [0, 0.05) is 20.5 Å². The summed E-state index contributed by atoms with van der Waals surface area (Å²) in [7, 11) is -0.217. The summed E-state index contributed by atoms with van der Waals surface area (Å²) in [6.45, 7) is 2.27. The van der Waals surface area contributed by atoms with Crippen LogP contribution in [0.2, 0.25) is 0 Å². The van der Waals surface area contributed by atoms with Gasteiger partial charge in [-0.05, 0) is 24.1 Å². The molecule has 2 aromatic rings. The zero-order valence-corrected chi connectivity index (χ0v) is 8.49. The lowest BCUT2D eigenvalue weighted by Gasteiger charge is -2.13. The molecule has 2 rings (SSSR count). The van der Waals surface area contributed by atoms with E-state index in [0.29, 0.717) is 0 Å². The third kappa shape index (κ3) is 1.81. The van der Waals surface area contributed by atoms with Crippen LogP contribution in [0.5, 0.6) is 0 Å². The first kappa shape index (κ1) is 8.52. The van der Waals surface area contributed by atoms with Crippen LogP contribution in [0, 0.1) is 0 Å². The molecule has 0 saturated carbocycles. The smallest absolute Gasteiger partial charge is 0.0236 e. The maximum Gasteiger partial charge on any atom is 0.0236 e. The van der Waals surface area contributed by atoms with Crippen LogP contribution in [0.15, 0.2) is 54.9 Å². The monoisotopic (exact) mass is 189 g/mol. The van der Waals surface area contributed by atoms with Crippen molar-refractivity contribution in [3.05, 3.63) is 54.9 Å². The average molecular weight is 189 g/mol. The predicted octanol–water partition coefficient (Wildman–Crippen LogP) is 2.69. The third-order valence-corrected chi connectivity index (χ3v) is 4.07. The van der Waals surface area contributed by atoms with Gasteiger partial charge in [-0.15, -0.1) is 0 Å². The van der Waals surface area contributed by atoms with Crippen LogP contribution >= 0.6 is 8.07 Å².